The number of hydrogen-bond donors (Lipinski definition) is 0. The average molecular weight is 503 g/mol. The lowest BCUT2D eigenvalue weighted by Gasteiger charge is -2.30. The molecule has 1 amide bonds. The summed E-state index contributed by atoms with van der Waals surface area (Å²) < 4.78 is 52.9. The molecule has 1 fully saturated rings. The number of morpholine rings is 1. The fourth-order valence-electron chi connectivity index (χ4n) is 4.20. The molecular formula is C26H29F3N4O3. The molecule has 1 aliphatic rings. The number of rotatable bonds is 9. The molecule has 192 valence electrons. The summed E-state index contributed by atoms with van der Waals surface area (Å²) in [4.78, 5) is 21.8. The number of amides is 1. The number of ether oxygens (including phenoxy) is 2. The van der Waals surface area contributed by atoms with Gasteiger partial charge in [0.2, 0.25) is 0 Å². The highest BCUT2D eigenvalue weighted by Gasteiger charge is 2.33. The zero-order chi connectivity index (χ0) is 25.5. The van der Waals surface area contributed by atoms with Gasteiger partial charge in [-0.3, -0.25) is 9.69 Å². The number of methoxy groups -OCH3 is 1. The van der Waals surface area contributed by atoms with Crippen LogP contribution < -0.4 is 4.74 Å². The highest BCUT2D eigenvalue weighted by molar-refractivity contribution is 5.94. The second-order valence-electron chi connectivity index (χ2n) is 8.54. The van der Waals surface area contributed by atoms with Gasteiger partial charge in [0, 0.05) is 50.7 Å². The van der Waals surface area contributed by atoms with Crippen LogP contribution in [0.1, 0.15) is 27.3 Å². The molecule has 0 atom stereocenters. The number of aromatic nitrogens is 2. The molecule has 4 rings (SSSR count). The molecule has 36 heavy (non-hydrogen) atoms. The molecule has 7 nitrogen and oxygen atoms in total. The van der Waals surface area contributed by atoms with E-state index >= 15 is 0 Å². The first-order valence-electron chi connectivity index (χ1n) is 11.7. The Morgan fingerprint density at radius 3 is 2.67 bits per heavy atom. The minimum absolute atomic E-state index is 0.00429. The normalized spacial score (nSPS) is 14.6. The Balaban J connectivity index is 1.56. The van der Waals surface area contributed by atoms with E-state index in [1.165, 1.54) is 19.2 Å². The van der Waals surface area contributed by atoms with Gasteiger partial charge in [-0.05, 0) is 29.8 Å². The molecule has 0 spiro atoms. The van der Waals surface area contributed by atoms with Crippen molar-refractivity contribution < 1.29 is 27.4 Å². The van der Waals surface area contributed by atoms with Crippen molar-refractivity contribution in [3.05, 3.63) is 83.4 Å². The second-order valence-corrected chi connectivity index (χ2v) is 8.54. The number of benzene rings is 2. The SMILES string of the molecule is COc1cccc(C(=O)N(CCN2CCOCC2)Cc2nccn2Cc2ccccc2C(F)(F)F)c1. The zero-order valence-electron chi connectivity index (χ0n) is 20.1. The Hall–Kier alpha value is -3.37. The third kappa shape index (κ3) is 6.44. The summed E-state index contributed by atoms with van der Waals surface area (Å²) >= 11 is 0. The van der Waals surface area contributed by atoms with Crippen LogP contribution in [0.2, 0.25) is 0 Å². The van der Waals surface area contributed by atoms with Gasteiger partial charge < -0.3 is 18.9 Å². The Morgan fingerprint density at radius 1 is 1.14 bits per heavy atom. The second kappa shape index (κ2) is 11.6. The maximum Gasteiger partial charge on any atom is 0.416 e. The first-order valence-corrected chi connectivity index (χ1v) is 11.7. The number of hydrogen-bond acceptors (Lipinski definition) is 5. The lowest BCUT2D eigenvalue weighted by Crippen LogP contribution is -2.43. The Morgan fingerprint density at radius 2 is 1.92 bits per heavy atom. The fraction of sp³-hybridized carbons (Fsp3) is 0.385. The number of alkyl halides is 3. The van der Waals surface area contributed by atoms with Crippen molar-refractivity contribution in [2.24, 2.45) is 0 Å². The number of imidazole rings is 1. The first-order chi connectivity index (χ1) is 17.3. The van der Waals surface area contributed by atoms with Crippen molar-refractivity contribution in [3.63, 3.8) is 0 Å². The van der Waals surface area contributed by atoms with Gasteiger partial charge in [-0.1, -0.05) is 24.3 Å². The molecule has 2 heterocycles. The lowest BCUT2D eigenvalue weighted by molar-refractivity contribution is -0.138. The van der Waals surface area contributed by atoms with Crippen molar-refractivity contribution in [2.45, 2.75) is 19.3 Å². The van der Waals surface area contributed by atoms with Gasteiger partial charge in [-0.2, -0.15) is 13.2 Å². The largest absolute Gasteiger partial charge is 0.497 e. The molecule has 0 unspecified atom stereocenters. The smallest absolute Gasteiger partial charge is 0.416 e. The van der Waals surface area contributed by atoms with Crippen LogP contribution in [0.5, 0.6) is 5.75 Å². The molecule has 0 aliphatic carbocycles. The standard InChI is InChI=1S/C26H29F3N4O3/c1-35-22-7-4-6-20(17-22)25(34)33(12-11-31-13-15-36-16-14-31)19-24-30-9-10-32(24)18-21-5-2-3-8-23(21)26(27,28)29/h2-10,17H,11-16,18-19H2,1H3. The van der Waals surface area contributed by atoms with Gasteiger partial charge in [-0.15, -0.1) is 0 Å². The summed E-state index contributed by atoms with van der Waals surface area (Å²) in [6.45, 7) is 4.09. The average Bonchev–Trinajstić information content (AvgIpc) is 3.32. The molecule has 0 bridgehead atoms. The zero-order valence-corrected chi connectivity index (χ0v) is 20.1. The van der Waals surface area contributed by atoms with Gasteiger partial charge in [0.1, 0.15) is 11.6 Å². The van der Waals surface area contributed by atoms with E-state index in [0.29, 0.717) is 43.4 Å². The van der Waals surface area contributed by atoms with Crippen molar-refractivity contribution in [1.82, 2.24) is 19.4 Å². The third-order valence-corrected chi connectivity index (χ3v) is 6.19. The van der Waals surface area contributed by atoms with Crippen LogP contribution in [0.4, 0.5) is 13.2 Å². The van der Waals surface area contributed by atoms with Gasteiger partial charge >= 0.3 is 6.18 Å². The van der Waals surface area contributed by atoms with E-state index in [1.54, 1.807) is 52.2 Å². The lowest BCUT2D eigenvalue weighted by atomic mass is 10.1. The predicted molar refractivity (Wildman–Crippen MR) is 128 cm³/mol. The maximum atomic E-state index is 13.5. The van der Waals surface area contributed by atoms with Gasteiger partial charge in [0.25, 0.3) is 5.91 Å². The number of carbonyl (C=O) groups is 1. The maximum absolute atomic E-state index is 13.5. The summed E-state index contributed by atoms with van der Waals surface area (Å²) in [6.07, 6.45) is -1.27. The predicted octanol–water partition coefficient (Wildman–Crippen LogP) is 3.93. The summed E-state index contributed by atoms with van der Waals surface area (Å²) in [6, 6.07) is 12.4. The highest BCUT2D eigenvalue weighted by Crippen LogP contribution is 2.32. The molecule has 2 aromatic carbocycles. The van der Waals surface area contributed by atoms with E-state index in [4.69, 9.17) is 9.47 Å². The minimum Gasteiger partial charge on any atom is -0.497 e. The number of carbonyl (C=O) groups excluding carboxylic acids is 1. The molecule has 1 aromatic heterocycles. The monoisotopic (exact) mass is 502 g/mol. The van der Waals surface area contributed by atoms with Crippen LogP contribution in [0.15, 0.2) is 60.9 Å². The Labute approximate surface area is 208 Å². The Bertz CT molecular complexity index is 1160. The molecule has 1 saturated heterocycles. The van der Waals surface area contributed by atoms with Crippen molar-refractivity contribution >= 4 is 5.91 Å². The summed E-state index contributed by atoms with van der Waals surface area (Å²) in [5, 5.41) is 0. The van der Waals surface area contributed by atoms with E-state index in [1.807, 2.05) is 0 Å². The van der Waals surface area contributed by atoms with Crippen molar-refractivity contribution in [1.29, 1.82) is 0 Å². The van der Waals surface area contributed by atoms with Crippen LogP contribution in [0, 0.1) is 0 Å². The molecule has 10 heteroatoms. The molecule has 3 aromatic rings. The Kier molecular flexibility index (Phi) is 8.27. The molecule has 0 radical (unpaired) electrons. The van der Waals surface area contributed by atoms with E-state index < -0.39 is 11.7 Å². The van der Waals surface area contributed by atoms with Crippen molar-refractivity contribution in [2.75, 3.05) is 46.5 Å². The minimum atomic E-state index is -4.45. The van der Waals surface area contributed by atoms with E-state index in [2.05, 4.69) is 9.88 Å². The van der Waals surface area contributed by atoms with Crippen LogP contribution in [0.3, 0.4) is 0 Å². The fourth-order valence-corrected chi connectivity index (χ4v) is 4.20. The van der Waals surface area contributed by atoms with Crippen LogP contribution in [-0.4, -0.2) is 71.8 Å². The summed E-state index contributed by atoms with van der Waals surface area (Å²) in [5.74, 6) is 0.872. The molecule has 0 N–H and O–H groups in total. The first kappa shape index (κ1) is 25.7. The van der Waals surface area contributed by atoms with E-state index in [0.717, 1.165) is 19.2 Å². The molecular weight excluding hydrogens is 473 g/mol. The van der Waals surface area contributed by atoms with Crippen LogP contribution >= 0.6 is 0 Å². The highest BCUT2D eigenvalue weighted by atomic mass is 19.4. The summed E-state index contributed by atoms with van der Waals surface area (Å²) in [7, 11) is 1.54. The van der Waals surface area contributed by atoms with Gasteiger partial charge in [0.15, 0.2) is 0 Å². The quantitative estimate of drug-likeness (QED) is 0.444. The van der Waals surface area contributed by atoms with Crippen LogP contribution in [-0.2, 0) is 24.0 Å². The molecule has 1 aliphatic heterocycles. The number of nitrogens with zero attached hydrogens (tertiary/aromatic N) is 4. The van der Waals surface area contributed by atoms with Gasteiger partial charge in [-0.25, -0.2) is 4.98 Å². The van der Waals surface area contributed by atoms with Gasteiger partial charge in [0.05, 0.1) is 32.4 Å². The topological polar surface area (TPSA) is 59.8 Å². The van der Waals surface area contributed by atoms with Crippen LogP contribution in [0.25, 0.3) is 0 Å². The summed E-state index contributed by atoms with van der Waals surface area (Å²) in [5.41, 5.74) is -0.0682. The molecule has 0 saturated carbocycles. The van der Waals surface area contributed by atoms with Crippen molar-refractivity contribution in [3.8, 4) is 5.75 Å². The third-order valence-electron chi connectivity index (χ3n) is 6.19. The van der Waals surface area contributed by atoms with E-state index in [-0.39, 0.29) is 24.6 Å². The van der Waals surface area contributed by atoms with E-state index in [9.17, 15) is 18.0 Å². The number of halogens is 3.